The van der Waals surface area contributed by atoms with Crippen molar-refractivity contribution in [1.82, 2.24) is 10.2 Å². The largest absolute Gasteiger partial charge is 0.481 e. The minimum Gasteiger partial charge on any atom is -0.481 e. The van der Waals surface area contributed by atoms with Crippen LogP contribution in [0, 0.1) is 5.92 Å². The number of carbonyl (C=O) groups is 3. The highest BCUT2D eigenvalue weighted by molar-refractivity contribution is 5.95. The molecule has 2 aliphatic heterocycles. The Balaban J connectivity index is 1.54. The summed E-state index contributed by atoms with van der Waals surface area (Å²) in [7, 11) is 0. The van der Waals surface area contributed by atoms with Crippen LogP contribution in [0.15, 0.2) is 24.3 Å². The summed E-state index contributed by atoms with van der Waals surface area (Å²) in [6, 6.07) is 7.37. The molecule has 1 aromatic carbocycles. The fourth-order valence-electron chi connectivity index (χ4n) is 3.55. The van der Waals surface area contributed by atoms with Gasteiger partial charge >= 0.3 is 12.0 Å². The normalized spacial score (nSPS) is 19.5. The second kappa shape index (κ2) is 7.76. The van der Waals surface area contributed by atoms with Crippen LogP contribution in [0.3, 0.4) is 0 Å². The molecule has 7 heteroatoms. The molecule has 2 aliphatic rings. The number of benzene rings is 1. The molecular formula is C19H25N3O4. The lowest BCUT2D eigenvalue weighted by Gasteiger charge is -2.31. The number of piperidine rings is 1. The molecule has 7 nitrogen and oxygen atoms in total. The summed E-state index contributed by atoms with van der Waals surface area (Å²) in [4.78, 5) is 38.7. The number of amides is 3. The molecule has 3 rings (SSSR count). The van der Waals surface area contributed by atoms with Crippen molar-refractivity contribution >= 4 is 23.6 Å². The Labute approximate surface area is 153 Å². The molecule has 1 atom stereocenters. The number of nitrogens with one attached hydrogen (secondary N) is 1. The Morgan fingerprint density at radius 2 is 1.81 bits per heavy atom. The molecule has 2 fully saturated rings. The topological polar surface area (TPSA) is 89.9 Å². The number of carboxylic acids is 1. The van der Waals surface area contributed by atoms with Gasteiger partial charge in [0.2, 0.25) is 5.91 Å². The number of hydrogen-bond acceptors (Lipinski definition) is 3. The number of urea groups is 1. The first-order valence-electron chi connectivity index (χ1n) is 9.14. The van der Waals surface area contributed by atoms with Crippen molar-refractivity contribution in [3.63, 3.8) is 0 Å². The summed E-state index contributed by atoms with van der Waals surface area (Å²) < 4.78 is 0. The molecule has 26 heavy (non-hydrogen) atoms. The summed E-state index contributed by atoms with van der Waals surface area (Å²) in [5.41, 5.74) is 1.86. The molecule has 3 amide bonds. The van der Waals surface area contributed by atoms with Gasteiger partial charge in [0.25, 0.3) is 0 Å². The van der Waals surface area contributed by atoms with Crippen molar-refractivity contribution in [3.8, 4) is 0 Å². The van der Waals surface area contributed by atoms with Gasteiger partial charge < -0.3 is 20.2 Å². The van der Waals surface area contributed by atoms with Crippen LogP contribution < -0.4 is 10.2 Å². The van der Waals surface area contributed by atoms with Gasteiger partial charge in [0, 0.05) is 31.7 Å². The van der Waals surface area contributed by atoms with Gasteiger partial charge in [-0.05, 0) is 43.9 Å². The van der Waals surface area contributed by atoms with E-state index in [1.807, 2.05) is 31.2 Å². The third kappa shape index (κ3) is 3.98. The van der Waals surface area contributed by atoms with Crippen LogP contribution in [0.2, 0.25) is 0 Å². The zero-order valence-corrected chi connectivity index (χ0v) is 15.0. The van der Waals surface area contributed by atoms with E-state index < -0.39 is 5.97 Å². The zero-order valence-electron chi connectivity index (χ0n) is 15.0. The highest BCUT2D eigenvalue weighted by Gasteiger charge is 2.27. The fraction of sp³-hybridized carbons (Fsp3) is 0.526. The lowest BCUT2D eigenvalue weighted by atomic mass is 9.97. The van der Waals surface area contributed by atoms with Crippen LogP contribution in [0.25, 0.3) is 0 Å². The Kier molecular flexibility index (Phi) is 5.44. The molecule has 2 heterocycles. The van der Waals surface area contributed by atoms with Gasteiger partial charge in [-0.1, -0.05) is 12.1 Å². The highest BCUT2D eigenvalue weighted by Crippen LogP contribution is 2.24. The molecule has 1 unspecified atom stereocenters. The van der Waals surface area contributed by atoms with Crippen LogP contribution in [-0.2, 0) is 9.59 Å². The van der Waals surface area contributed by atoms with Crippen LogP contribution >= 0.6 is 0 Å². The molecule has 0 spiro atoms. The van der Waals surface area contributed by atoms with Crippen molar-refractivity contribution in [2.75, 3.05) is 24.5 Å². The van der Waals surface area contributed by atoms with Gasteiger partial charge in [-0.3, -0.25) is 9.59 Å². The molecule has 1 aromatic rings. The lowest BCUT2D eigenvalue weighted by Crippen LogP contribution is -2.46. The second-order valence-corrected chi connectivity index (χ2v) is 7.01. The van der Waals surface area contributed by atoms with Crippen molar-refractivity contribution < 1.29 is 19.5 Å². The van der Waals surface area contributed by atoms with E-state index in [-0.39, 0.29) is 23.9 Å². The van der Waals surface area contributed by atoms with E-state index in [4.69, 9.17) is 5.11 Å². The Morgan fingerprint density at radius 1 is 1.15 bits per heavy atom. The summed E-state index contributed by atoms with van der Waals surface area (Å²) >= 11 is 0. The van der Waals surface area contributed by atoms with Crippen LogP contribution in [0.4, 0.5) is 10.5 Å². The zero-order chi connectivity index (χ0) is 18.7. The molecule has 0 aromatic heterocycles. The third-order valence-electron chi connectivity index (χ3n) is 5.25. The van der Waals surface area contributed by atoms with Gasteiger partial charge in [0.1, 0.15) is 0 Å². The molecule has 2 N–H and O–H groups in total. The third-order valence-corrected chi connectivity index (χ3v) is 5.25. The maximum atomic E-state index is 12.4. The quantitative estimate of drug-likeness (QED) is 0.864. The number of likely N-dealkylation sites (tertiary alicyclic amines) is 1. The molecule has 0 radical (unpaired) electrons. The predicted molar refractivity (Wildman–Crippen MR) is 96.9 cm³/mol. The second-order valence-electron chi connectivity index (χ2n) is 7.01. The highest BCUT2D eigenvalue weighted by atomic mass is 16.4. The van der Waals surface area contributed by atoms with Gasteiger partial charge in [-0.25, -0.2) is 4.79 Å². The Bertz CT molecular complexity index is 681. The first-order valence-corrected chi connectivity index (χ1v) is 9.14. The predicted octanol–water partition coefficient (Wildman–Crippen LogP) is 2.38. The number of rotatable bonds is 4. The Morgan fingerprint density at radius 3 is 2.35 bits per heavy atom. The maximum absolute atomic E-state index is 12.4. The van der Waals surface area contributed by atoms with Crippen molar-refractivity contribution in [1.29, 1.82) is 0 Å². The molecule has 0 saturated carbocycles. The lowest BCUT2D eigenvalue weighted by molar-refractivity contribution is -0.143. The van der Waals surface area contributed by atoms with Crippen molar-refractivity contribution in [3.05, 3.63) is 29.8 Å². The minimum atomic E-state index is -0.782. The van der Waals surface area contributed by atoms with Crippen molar-refractivity contribution in [2.24, 2.45) is 5.92 Å². The average molecular weight is 359 g/mol. The molecule has 140 valence electrons. The van der Waals surface area contributed by atoms with Crippen LogP contribution in [-0.4, -0.2) is 47.5 Å². The molecular weight excluding hydrogens is 334 g/mol. The Hall–Kier alpha value is -2.57. The fourth-order valence-corrected chi connectivity index (χ4v) is 3.55. The van der Waals surface area contributed by atoms with E-state index in [0.29, 0.717) is 32.4 Å². The van der Waals surface area contributed by atoms with E-state index >= 15 is 0 Å². The first-order chi connectivity index (χ1) is 12.5. The van der Waals surface area contributed by atoms with E-state index in [9.17, 15) is 14.4 Å². The summed E-state index contributed by atoms with van der Waals surface area (Å²) in [6.45, 7) is 3.60. The molecule has 2 saturated heterocycles. The SMILES string of the molecule is CC(NC(=O)N1CCC(C(=O)O)CC1)c1ccc(N2CCCC2=O)cc1. The van der Waals surface area contributed by atoms with Gasteiger partial charge in [0.05, 0.1) is 12.0 Å². The number of aliphatic carboxylic acids is 1. The maximum Gasteiger partial charge on any atom is 0.317 e. The van der Waals surface area contributed by atoms with Gasteiger partial charge in [0.15, 0.2) is 0 Å². The van der Waals surface area contributed by atoms with Gasteiger partial charge in [-0.15, -0.1) is 0 Å². The first kappa shape index (κ1) is 18.2. The summed E-state index contributed by atoms with van der Waals surface area (Å²) in [6.07, 6.45) is 2.49. The molecule has 0 bridgehead atoms. The van der Waals surface area contributed by atoms with E-state index in [0.717, 1.165) is 24.2 Å². The van der Waals surface area contributed by atoms with Crippen LogP contribution in [0.1, 0.15) is 44.2 Å². The summed E-state index contributed by atoms with van der Waals surface area (Å²) in [5.74, 6) is -0.976. The summed E-state index contributed by atoms with van der Waals surface area (Å²) in [5, 5.41) is 12.0. The smallest absolute Gasteiger partial charge is 0.317 e. The van der Waals surface area contributed by atoms with Gasteiger partial charge in [-0.2, -0.15) is 0 Å². The molecule has 0 aliphatic carbocycles. The van der Waals surface area contributed by atoms with Crippen LogP contribution in [0.5, 0.6) is 0 Å². The average Bonchev–Trinajstić information content (AvgIpc) is 3.07. The number of nitrogens with zero attached hydrogens (tertiary/aromatic N) is 2. The van der Waals surface area contributed by atoms with E-state index in [1.165, 1.54) is 0 Å². The van der Waals surface area contributed by atoms with E-state index in [2.05, 4.69) is 5.32 Å². The number of anilines is 1. The number of hydrogen-bond donors (Lipinski definition) is 2. The number of carboxylic acid groups (broad SMARTS) is 1. The van der Waals surface area contributed by atoms with E-state index in [1.54, 1.807) is 9.80 Å². The number of carbonyl (C=O) groups excluding carboxylic acids is 2. The standard InChI is InChI=1S/C19H25N3O4/c1-13(20-19(26)21-11-8-15(9-12-21)18(24)25)14-4-6-16(7-5-14)22-10-2-3-17(22)23/h4-7,13,15H,2-3,8-12H2,1H3,(H,20,26)(H,24,25). The monoisotopic (exact) mass is 359 g/mol. The minimum absolute atomic E-state index is 0.156. The van der Waals surface area contributed by atoms with Crippen molar-refractivity contribution in [2.45, 2.75) is 38.6 Å².